The van der Waals surface area contributed by atoms with Crippen molar-refractivity contribution in [2.75, 3.05) is 19.7 Å². The molecular formula is C13H16F2N2O2. The summed E-state index contributed by atoms with van der Waals surface area (Å²) in [5.74, 6) is -2.02. The van der Waals surface area contributed by atoms with Gasteiger partial charge in [-0.2, -0.15) is 0 Å². The van der Waals surface area contributed by atoms with Crippen molar-refractivity contribution in [3.05, 3.63) is 35.4 Å². The Bertz CT molecular complexity index is 480. The van der Waals surface area contributed by atoms with Crippen LogP contribution in [0, 0.1) is 11.6 Å². The first-order chi connectivity index (χ1) is 8.99. The second kappa shape index (κ2) is 5.63. The summed E-state index contributed by atoms with van der Waals surface area (Å²) in [5, 5.41) is 0. The lowest BCUT2D eigenvalue weighted by molar-refractivity contribution is -0.0301. The van der Waals surface area contributed by atoms with Gasteiger partial charge in [-0.05, 0) is 19.1 Å². The molecule has 2 rings (SSSR count). The van der Waals surface area contributed by atoms with E-state index in [2.05, 4.69) is 0 Å². The zero-order valence-electron chi connectivity index (χ0n) is 10.6. The lowest BCUT2D eigenvalue weighted by Gasteiger charge is -2.34. The van der Waals surface area contributed by atoms with E-state index in [0.29, 0.717) is 25.8 Å². The molecule has 104 valence electrons. The summed E-state index contributed by atoms with van der Waals surface area (Å²) >= 11 is 0. The molecule has 2 N–H and O–H groups in total. The van der Waals surface area contributed by atoms with E-state index in [1.165, 1.54) is 4.90 Å². The van der Waals surface area contributed by atoms with Crippen LogP contribution in [0.4, 0.5) is 8.78 Å². The van der Waals surface area contributed by atoms with Crippen molar-refractivity contribution >= 4 is 5.91 Å². The molecule has 6 heteroatoms. The van der Waals surface area contributed by atoms with Gasteiger partial charge in [0.25, 0.3) is 5.91 Å². The van der Waals surface area contributed by atoms with E-state index in [9.17, 15) is 13.6 Å². The van der Waals surface area contributed by atoms with Gasteiger partial charge in [-0.25, -0.2) is 8.78 Å². The van der Waals surface area contributed by atoms with Gasteiger partial charge in [-0.3, -0.25) is 4.79 Å². The van der Waals surface area contributed by atoms with Crippen LogP contribution >= 0.6 is 0 Å². The second-order valence-electron chi connectivity index (χ2n) is 4.64. The van der Waals surface area contributed by atoms with Crippen LogP contribution in [-0.2, 0) is 4.74 Å². The third-order valence-electron chi connectivity index (χ3n) is 3.13. The SMILES string of the molecule is C[C@H](N)[C@@H]1CN(C(=O)c2ccc(F)cc2F)CCO1. The maximum Gasteiger partial charge on any atom is 0.257 e. The summed E-state index contributed by atoms with van der Waals surface area (Å²) in [6, 6.07) is 2.72. The molecule has 1 aliphatic heterocycles. The normalized spacial score (nSPS) is 21.3. The van der Waals surface area contributed by atoms with Gasteiger partial charge in [0.05, 0.1) is 18.3 Å². The molecule has 1 saturated heterocycles. The zero-order chi connectivity index (χ0) is 14.0. The molecular weight excluding hydrogens is 254 g/mol. The Balaban J connectivity index is 2.15. The number of nitrogens with two attached hydrogens (primary N) is 1. The zero-order valence-corrected chi connectivity index (χ0v) is 10.6. The Hall–Kier alpha value is -1.53. The first-order valence-corrected chi connectivity index (χ1v) is 6.10. The Morgan fingerprint density at radius 1 is 1.53 bits per heavy atom. The monoisotopic (exact) mass is 270 g/mol. The van der Waals surface area contributed by atoms with Crippen LogP contribution in [0.3, 0.4) is 0 Å². The van der Waals surface area contributed by atoms with Crippen molar-refractivity contribution in [1.82, 2.24) is 4.90 Å². The molecule has 0 aliphatic carbocycles. The Labute approximate surface area is 110 Å². The quantitative estimate of drug-likeness (QED) is 0.877. The summed E-state index contributed by atoms with van der Waals surface area (Å²) in [4.78, 5) is 13.6. The van der Waals surface area contributed by atoms with Gasteiger partial charge in [0.2, 0.25) is 0 Å². The lowest BCUT2D eigenvalue weighted by atomic mass is 10.1. The van der Waals surface area contributed by atoms with Crippen LogP contribution in [0.15, 0.2) is 18.2 Å². The number of nitrogens with zero attached hydrogens (tertiary/aromatic N) is 1. The van der Waals surface area contributed by atoms with E-state index in [-0.39, 0.29) is 17.7 Å². The van der Waals surface area contributed by atoms with Crippen molar-refractivity contribution in [3.63, 3.8) is 0 Å². The van der Waals surface area contributed by atoms with Crippen LogP contribution in [0.5, 0.6) is 0 Å². The summed E-state index contributed by atoms with van der Waals surface area (Å²) in [6.45, 7) is 2.84. The first kappa shape index (κ1) is 13.9. The maximum absolute atomic E-state index is 13.6. The van der Waals surface area contributed by atoms with E-state index < -0.39 is 17.5 Å². The number of halogens is 2. The number of benzene rings is 1. The molecule has 0 unspecified atom stereocenters. The lowest BCUT2D eigenvalue weighted by Crippen LogP contribution is -2.51. The molecule has 1 aromatic rings. The van der Waals surface area contributed by atoms with Crippen molar-refractivity contribution in [2.24, 2.45) is 5.73 Å². The van der Waals surface area contributed by atoms with E-state index >= 15 is 0 Å². The van der Waals surface area contributed by atoms with Crippen LogP contribution in [-0.4, -0.2) is 42.6 Å². The molecule has 0 aromatic heterocycles. The number of ether oxygens (including phenoxy) is 1. The number of rotatable bonds is 2. The number of carbonyl (C=O) groups excluding carboxylic acids is 1. The summed E-state index contributed by atoms with van der Waals surface area (Å²) in [6.07, 6.45) is -0.263. The highest BCUT2D eigenvalue weighted by atomic mass is 19.1. The molecule has 1 aliphatic rings. The van der Waals surface area contributed by atoms with Crippen molar-refractivity contribution in [1.29, 1.82) is 0 Å². The standard InChI is InChI=1S/C13H16F2N2O2/c1-8(16)12-7-17(4-5-19-12)13(18)10-3-2-9(14)6-11(10)15/h2-3,6,8,12H,4-5,7,16H2,1H3/t8-,12-/m0/s1. The molecule has 1 aromatic carbocycles. The number of morpholine rings is 1. The van der Waals surface area contributed by atoms with Gasteiger partial charge in [-0.1, -0.05) is 0 Å². The van der Waals surface area contributed by atoms with E-state index in [1.807, 2.05) is 0 Å². The molecule has 0 bridgehead atoms. The molecule has 0 saturated carbocycles. The minimum atomic E-state index is -0.853. The fourth-order valence-corrected chi connectivity index (χ4v) is 2.01. The molecule has 19 heavy (non-hydrogen) atoms. The Morgan fingerprint density at radius 3 is 2.89 bits per heavy atom. The topological polar surface area (TPSA) is 55.6 Å². The highest BCUT2D eigenvalue weighted by Crippen LogP contribution is 2.15. The maximum atomic E-state index is 13.6. The van der Waals surface area contributed by atoms with E-state index in [4.69, 9.17) is 10.5 Å². The van der Waals surface area contributed by atoms with Crippen LogP contribution in [0.1, 0.15) is 17.3 Å². The molecule has 0 spiro atoms. The summed E-state index contributed by atoms with van der Waals surface area (Å²) in [7, 11) is 0. The number of amides is 1. The molecule has 2 atom stereocenters. The van der Waals surface area contributed by atoms with Crippen molar-refractivity contribution in [3.8, 4) is 0 Å². The molecule has 0 radical (unpaired) electrons. The van der Waals surface area contributed by atoms with Crippen LogP contribution < -0.4 is 5.73 Å². The summed E-state index contributed by atoms with van der Waals surface area (Å²) < 4.78 is 31.8. The highest BCUT2D eigenvalue weighted by Gasteiger charge is 2.28. The van der Waals surface area contributed by atoms with E-state index in [1.54, 1.807) is 6.92 Å². The Kier molecular flexibility index (Phi) is 4.11. The van der Waals surface area contributed by atoms with Gasteiger partial charge in [0.1, 0.15) is 11.6 Å². The first-order valence-electron chi connectivity index (χ1n) is 6.10. The van der Waals surface area contributed by atoms with Gasteiger partial charge in [-0.15, -0.1) is 0 Å². The smallest absolute Gasteiger partial charge is 0.257 e. The largest absolute Gasteiger partial charge is 0.373 e. The number of hydrogen-bond donors (Lipinski definition) is 1. The fourth-order valence-electron chi connectivity index (χ4n) is 2.01. The number of carbonyl (C=O) groups is 1. The van der Waals surface area contributed by atoms with Crippen molar-refractivity contribution in [2.45, 2.75) is 19.1 Å². The second-order valence-corrected chi connectivity index (χ2v) is 4.64. The van der Waals surface area contributed by atoms with Crippen LogP contribution in [0.2, 0.25) is 0 Å². The third-order valence-corrected chi connectivity index (χ3v) is 3.13. The average Bonchev–Trinajstić information content (AvgIpc) is 2.38. The average molecular weight is 270 g/mol. The molecule has 1 fully saturated rings. The minimum Gasteiger partial charge on any atom is -0.373 e. The highest BCUT2D eigenvalue weighted by molar-refractivity contribution is 5.94. The van der Waals surface area contributed by atoms with Gasteiger partial charge < -0.3 is 15.4 Å². The molecule has 4 nitrogen and oxygen atoms in total. The summed E-state index contributed by atoms with van der Waals surface area (Å²) in [5.41, 5.74) is 5.60. The van der Waals surface area contributed by atoms with Gasteiger partial charge in [0.15, 0.2) is 0 Å². The van der Waals surface area contributed by atoms with Gasteiger partial charge in [0, 0.05) is 25.2 Å². The van der Waals surface area contributed by atoms with Gasteiger partial charge >= 0.3 is 0 Å². The minimum absolute atomic E-state index is 0.133. The van der Waals surface area contributed by atoms with Crippen LogP contribution in [0.25, 0.3) is 0 Å². The predicted octanol–water partition coefficient (Wildman–Crippen LogP) is 1.15. The van der Waals surface area contributed by atoms with Crippen molar-refractivity contribution < 1.29 is 18.3 Å². The fraction of sp³-hybridized carbons (Fsp3) is 0.462. The molecule has 1 heterocycles. The molecule has 1 amide bonds. The Morgan fingerprint density at radius 2 is 2.26 bits per heavy atom. The number of hydrogen-bond acceptors (Lipinski definition) is 3. The third kappa shape index (κ3) is 3.08. The van der Waals surface area contributed by atoms with E-state index in [0.717, 1.165) is 12.1 Å². The predicted molar refractivity (Wildman–Crippen MR) is 65.7 cm³/mol.